The van der Waals surface area contributed by atoms with E-state index >= 15 is 0 Å². The molecule has 0 saturated carbocycles. The summed E-state index contributed by atoms with van der Waals surface area (Å²) in [5.41, 5.74) is 2.55. The van der Waals surface area contributed by atoms with Gasteiger partial charge in [0, 0.05) is 11.4 Å². The lowest BCUT2D eigenvalue weighted by molar-refractivity contribution is -0.134. The van der Waals surface area contributed by atoms with E-state index in [-0.39, 0.29) is 17.4 Å². The first-order valence-corrected chi connectivity index (χ1v) is 11.2. The van der Waals surface area contributed by atoms with Gasteiger partial charge in [0.2, 0.25) is 9.37 Å². The van der Waals surface area contributed by atoms with E-state index in [9.17, 15) is 9.59 Å². The fraction of sp³-hybridized carbons (Fsp3) is 0.227. The second-order valence-electron chi connectivity index (χ2n) is 6.67. The monoisotopic (exact) mass is 439 g/mol. The molecule has 0 N–H and O–H groups in total. The highest BCUT2D eigenvalue weighted by atomic mass is 32.2. The minimum atomic E-state index is -0.893. The SMILES string of the molecule is CCOC(=O)C1=NN(c2ccccc2)[C@@]2(S1)SC(C(C)=O)=C(C)N2c1ccccc1. The molecule has 2 aromatic rings. The molecule has 0 unspecified atom stereocenters. The van der Waals surface area contributed by atoms with Crippen molar-refractivity contribution in [3.8, 4) is 0 Å². The summed E-state index contributed by atoms with van der Waals surface area (Å²) in [6, 6.07) is 19.5. The second kappa shape index (κ2) is 8.20. The third-order valence-corrected chi connectivity index (χ3v) is 7.63. The largest absolute Gasteiger partial charge is 0.461 e. The summed E-state index contributed by atoms with van der Waals surface area (Å²) < 4.78 is 4.34. The predicted octanol–water partition coefficient (Wildman–Crippen LogP) is 4.80. The summed E-state index contributed by atoms with van der Waals surface area (Å²) in [5, 5.41) is 6.72. The van der Waals surface area contributed by atoms with Crippen LogP contribution >= 0.6 is 23.5 Å². The fourth-order valence-electron chi connectivity index (χ4n) is 3.44. The number of rotatable bonds is 5. The Balaban J connectivity index is 1.88. The lowest BCUT2D eigenvalue weighted by Crippen LogP contribution is -2.49. The molecule has 4 rings (SSSR count). The number of para-hydroxylation sites is 2. The standard InChI is InChI=1S/C22H21N3O3S2/c1-4-28-21(27)20-23-25(18-13-9-6-10-14-18)22(30-20)24(17-11-7-5-8-12-17)15(2)19(29-22)16(3)26/h5-14H,4H2,1-3H3/t22-/m1/s1. The molecular weight excluding hydrogens is 418 g/mol. The van der Waals surface area contributed by atoms with Gasteiger partial charge in [0.25, 0.3) is 0 Å². The highest BCUT2D eigenvalue weighted by Crippen LogP contribution is 2.60. The number of carbonyl (C=O) groups excluding carboxylic acids is 2. The number of allylic oxidation sites excluding steroid dienone is 2. The van der Waals surface area contributed by atoms with Crippen LogP contribution in [0.4, 0.5) is 11.4 Å². The maximum absolute atomic E-state index is 12.6. The van der Waals surface area contributed by atoms with Crippen LogP contribution in [0, 0.1) is 0 Å². The average Bonchev–Trinajstić information content (AvgIpc) is 3.27. The molecule has 0 aromatic heterocycles. The Kier molecular flexibility index (Phi) is 5.62. The lowest BCUT2D eigenvalue weighted by Gasteiger charge is -2.41. The van der Waals surface area contributed by atoms with Crippen molar-refractivity contribution >= 4 is 51.7 Å². The Labute approximate surface area is 184 Å². The molecule has 0 amide bonds. The van der Waals surface area contributed by atoms with Crippen LogP contribution in [-0.2, 0) is 14.3 Å². The molecule has 1 atom stereocenters. The van der Waals surface area contributed by atoms with E-state index in [1.54, 1.807) is 18.9 Å². The summed E-state index contributed by atoms with van der Waals surface area (Å²) in [4.78, 5) is 27.8. The number of Topliss-reactive ketones (excluding diaryl/α,β-unsaturated/α-hetero) is 1. The minimum Gasteiger partial charge on any atom is -0.461 e. The smallest absolute Gasteiger partial charge is 0.365 e. The predicted molar refractivity (Wildman–Crippen MR) is 123 cm³/mol. The average molecular weight is 440 g/mol. The Morgan fingerprint density at radius 3 is 2.17 bits per heavy atom. The van der Waals surface area contributed by atoms with Gasteiger partial charge in [0.15, 0.2) is 5.78 Å². The first-order valence-electron chi connectivity index (χ1n) is 9.54. The van der Waals surface area contributed by atoms with Crippen LogP contribution < -0.4 is 9.91 Å². The Morgan fingerprint density at radius 1 is 1.00 bits per heavy atom. The minimum absolute atomic E-state index is 0.0199. The van der Waals surface area contributed by atoms with Gasteiger partial charge in [-0.15, -0.1) is 0 Å². The van der Waals surface area contributed by atoms with E-state index in [1.165, 1.54) is 23.5 Å². The van der Waals surface area contributed by atoms with Gasteiger partial charge < -0.3 is 9.64 Å². The van der Waals surface area contributed by atoms with Crippen molar-refractivity contribution in [2.45, 2.75) is 25.1 Å². The summed E-state index contributed by atoms with van der Waals surface area (Å²) in [6.45, 7) is 5.52. The topological polar surface area (TPSA) is 62.2 Å². The Bertz CT molecular complexity index is 1040. The molecule has 0 fully saturated rings. The van der Waals surface area contributed by atoms with Crippen LogP contribution in [0.5, 0.6) is 0 Å². The van der Waals surface area contributed by atoms with Gasteiger partial charge >= 0.3 is 5.97 Å². The molecule has 154 valence electrons. The van der Waals surface area contributed by atoms with Crippen LogP contribution in [0.3, 0.4) is 0 Å². The maximum Gasteiger partial charge on any atom is 0.365 e. The molecular formula is C22H21N3O3S2. The Hall–Kier alpha value is -2.71. The third kappa shape index (κ3) is 3.40. The van der Waals surface area contributed by atoms with Gasteiger partial charge in [-0.05, 0) is 56.8 Å². The molecule has 0 bridgehead atoms. The number of benzene rings is 2. The number of ketones is 1. The van der Waals surface area contributed by atoms with Crippen LogP contribution in [-0.4, -0.2) is 27.7 Å². The molecule has 2 aliphatic rings. The second-order valence-corrected chi connectivity index (χ2v) is 9.27. The molecule has 6 nitrogen and oxygen atoms in total. The summed E-state index contributed by atoms with van der Waals surface area (Å²) in [5.74, 6) is -0.489. The van der Waals surface area contributed by atoms with Gasteiger partial charge in [0.05, 0.1) is 17.2 Å². The number of hydrogen-bond donors (Lipinski definition) is 0. The molecule has 0 radical (unpaired) electrons. The van der Waals surface area contributed by atoms with E-state index in [4.69, 9.17) is 4.74 Å². The molecule has 0 saturated heterocycles. The number of thioether (sulfide) groups is 2. The fourth-order valence-corrected chi connectivity index (χ4v) is 6.39. The first kappa shape index (κ1) is 20.6. The van der Waals surface area contributed by atoms with Gasteiger partial charge in [-0.1, -0.05) is 48.2 Å². The molecule has 8 heteroatoms. The summed E-state index contributed by atoms with van der Waals surface area (Å²) in [6.07, 6.45) is 0. The molecule has 2 aliphatic heterocycles. The number of nitrogens with zero attached hydrogens (tertiary/aromatic N) is 3. The van der Waals surface area contributed by atoms with E-state index in [0.29, 0.717) is 4.91 Å². The number of esters is 1. The summed E-state index contributed by atoms with van der Waals surface area (Å²) in [7, 11) is 0. The van der Waals surface area contributed by atoms with Crippen molar-refractivity contribution in [3.63, 3.8) is 0 Å². The zero-order chi connectivity index (χ0) is 21.3. The van der Waals surface area contributed by atoms with Crippen molar-refractivity contribution in [2.24, 2.45) is 5.10 Å². The van der Waals surface area contributed by atoms with E-state index in [2.05, 4.69) is 10.0 Å². The van der Waals surface area contributed by atoms with Crippen LogP contribution in [0.15, 0.2) is 76.4 Å². The zero-order valence-electron chi connectivity index (χ0n) is 16.9. The molecule has 0 aliphatic carbocycles. The zero-order valence-corrected chi connectivity index (χ0v) is 18.5. The van der Waals surface area contributed by atoms with Gasteiger partial charge in [-0.3, -0.25) is 4.79 Å². The van der Waals surface area contributed by atoms with Crippen molar-refractivity contribution in [3.05, 3.63) is 71.3 Å². The highest BCUT2D eigenvalue weighted by molar-refractivity contribution is 8.29. The van der Waals surface area contributed by atoms with Gasteiger partial charge in [0.1, 0.15) is 0 Å². The third-order valence-electron chi connectivity index (χ3n) is 4.65. The molecule has 2 aromatic carbocycles. The van der Waals surface area contributed by atoms with Crippen LogP contribution in [0.1, 0.15) is 20.8 Å². The normalized spacial score (nSPS) is 20.7. The lowest BCUT2D eigenvalue weighted by atomic mass is 10.2. The van der Waals surface area contributed by atoms with Crippen LogP contribution in [0.2, 0.25) is 0 Å². The van der Waals surface area contributed by atoms with Crippen molar-refractivity contribution < 1.29 is 14.3 Å². The molecule has 2 heterocycles. The van der Waals surface area contributed by atoms with Crippen molar-refractivity contribution in [2.75, 3.05) is 16.5 Å². The number of ether oxygens (including phenoxy) is 1. The van der Waals surface area contributed by atoms with E-state index in [1.807, 2.05) is 67.6 Å². The maximum atomic E-state index is 12.6. The van der Waals surface area contributed by atoms with Crippen molar-refractivity contribution in [1.29, 1.82) is 0 Å². The highest BCUT2D eigenvalue weighted by Gasteiger charge is 2.57. The van der Waals surface area contributed by atoms with E-state index < -0.39 is 10.3 Å². The Morgan fingerprint density at radius 2 is 1.60 bits per heavy atom. The van der Waals surface area contributed by atoms with Gasteiger partial charge in [-0.25, -0.2) is 9.80 Å². The first-order chi connectivity index (χ1) is 14.5. The van der Waals surface area contributed by atoms with Gasteiger partial charge in [-0.2, -0.15) is 5.10 Å². The van der Waals surface area contributed by atoms with Crippen molar-refractivity contribution in [1.82, 2.24) is 0 Å². The number of hydrogen-bond acceptors (Lipinski definition) is 8. The van der Waals surface area contributed by atoms with Crippen LogP contribution in [0.25, 0.3) is 0 Å². The summed E-state index contributed by atoms with van der Waals surface area (Å²) >= 11 is 2.70. The molecule has 30 heavy (non-hydrogen) atoms. The van der Waals surface area contributed by atoms with E-state index in [0.717, 1.165) is 17.1 Å². The quantitative estimate of drug-likeness (QED) is 0.620. The number of anilines is 2. The number of carbonyl (C=O) groups is 2. The number of hydrazone groups is 1. The molecule has 1 spiro atoms.